The summed E-state index contributed by atoms with van der Waals surface area (Å²) in [4.78, 5) is 0. The van der Waals surface area contributed by atoms with Crippen LogP contribution in [0.15, 0.2) is 0 Å². The Kier molecular flexibility index (Phi) is 7.66. The van der Waals surface area contributed by atoms with Crippen molar-refractivity contribution < 1.29 is 4.74 Å². The molecule has 0 amide bonds. The Morgan fingerprint density at radius 3 is 2.38 bits per heavy atom. The highest BCUT2D eigenvalue weighted by molar-refractivity contribution is 4.87. The summed E-state index contributed by atoms with van der Waals surface area (Å²) in [6, 6.07) is 2.09. The molecule has 1 N–H and O–H groups in total. The van der Waals surface area contributed by atoms with Crippen LogP contribution in [0.25, 0.3) is 0 Å². The van der Waals surface area contributed by atoms with Gasteiger partial charge in [0, 0.05) is 13.2 Å². The Balaban J connectivity index is 3.21. The van der Waals surface area contributed by atoms with Crippen LogP contribution in [0.1, 0.15) is 26.7 Å². The molecule has 3 heteroatoms. The third-order valence-corrected chi connectivity index (χ3v) is 1.89. The molecular formula is C10H20N2O. The summed E-state index contributed by atoms with van der Waals surface area (Å²) in [5.74, 6) is 0.691. The van der Waals surface area contributed by atoms with Crippen molar-refractivity contribution in [3.8, 4) is 6.07 Å². The Bertz CT molecular complexity index is 151. The van der Waals surface area contributed by atoms with Crippen LogP contribution in [-0.4, -0.2) is 26.3 Å². The maximum atomic E-state index is 8.60. The van der Waals surface area contributed by atoms with Crippen molar-refractivity contribution in [3.05, 3.63) is 0 Å². The van der Waals surface area contributed by atoms with Gasteiger partial charge in [-0.05, 0) is 25.8 Å². The number of ether oxygens (including phenoxy) is 1. The summed E-state index contributed by atoms with van der Waals surface area (Å²) in [5, 5.41) is 11.5. The minimum Gasteiger partial charge on any atom is -0.381 e. The van der Waals surface area contributed by atoms with E-state index in [1.54, 1.807) is 7.05 Å². The number of rotatable bonds is 7. The molecule has 76 valence electrons. The zero-order valence-corrected chi connectivity index (χ0v) is 8.84. The summed E-state index contributed by atoms with van der Waals surface area (Å²) in [6.45, 7) is 5.83. The first-order chi connectivity index (χ1) is 6.20. The zero-order chi connectivity index (χ0) is 10.1. The first kappa shape index (κ1) is 12.4. The molecular weight excluding hydrogens is 164 g/mol. The van der Waals surface area contributed by atoms with Gasteiger partial charge < -0.3 is 10.1 Å². The van der Waals surface area contributed by atoms with Crippen LogP contribution in [0.5, 0.6) is 0 Å². The quantitative estimate of drug-likeness (QED) is 0.611. The van der Waals surface area contributed by atoms with Crippen molar-refractivity contribution in [1.29, 1.82) is 5.26 Å². The maximum absolute atomic E-state index is 8.60. The van der Waals surface area contributed by atoms with E-state index in [0.717, 1.165) is 19.4 Å². The molecule has 0 aromatic carbocycles. The van der Waals surface area contributed by atoms with E-state index in [1.165, 1.54) is 0 Å². The minimum absolute atomic E-state index is 0.0703. The predicted molar refractivity (Wildman–Crippen MR) is 53.4 cm³/mol. The molecule has 0 bridgehead atoms. The van der Waals surface area contributed by atoms with E-state index < -0.39 is 0 Å². The van der Waals surface area contributed by atoms with Crippen molar-refractivity contribution in [2.45, 2.75) is 32.7 Å². The first-order valence-corrected chi connectivity index (χ1v) is 4.85. The van der Waals surface area contributed by atoms with Gasteiger partial charge in [-0.25, -0.2) is 0 Å². The largest absolute Gasteiger partial charge is 0.381 e. The molecule has 13 heavy (non-hydrogen) atoms. The normalized spacial score (nSPS) is 12.8. The Morgan fingerprint density at radius 2 is 1.92 bits per heavy atom. The molecule has 0 heterocycles. The summed E-state index contributed by atoms with van der Waals surface area (Å²) in [6.07, 6.45) is 1.86. The molecule has 0 saturated heterocycles. The topological polar surface area (TPSA) is 45.0 Å². The second-order valence-electron chi connectivity index (χ2n) is 3.55. The molecule has 1 atom stereocenters. The van der Waals surface area contributed by atoms with E-state index in [2.05, 4.69) is 25.2 Å². The molecule has 3 nitrogen and oxygen atoms in total. The third kappa shape index (κ3) is 7.76. The molecule has 0 fully saturated rings. The van der Waals surface area contributed by atoms with Crippen LogP contribution in [-0.2, 0) is 4.74 Å². The maximum Gasteiger partial charge on any atom is 0.0972 e. The summed E-state index contributed by atoms with van der Waals surface area (Å²) >= 11 is 0. The number of hydrogen-bond donors (Lipinski definition) is 1. The molecule has 0 rings (SSSR count). The lowest BCUT2D eigenvalue weighted by Gasteiger charge is -2.08. The van der Waals surface area contributed by atoms with Gasteiger partial charge in [0.05, 0.1) is 12.1 Å². The van der Waals surface area contributed by atoms with Gasteiger partial charge >= 0.3 is 0 Å². The monoisotopic (exact) mass is 184 g/mol. The van der Waals surface area contributed by atoms with E-state index in [4.69, 9.17) is 10.00 Å². The molecule has 0 aliphatic heterocycles. The van der Waals surface area contributed by atoms with Crippen molar-refractivity contribution in [2.24, 2.45) is 5.92 Å². The number of nitrogens with zero attached hydrogens (tertiary/aromatic N) is 1. The van der Waals surface area contributed by atoms with Gasteiger partial charge in [0.25, 0.3) is 0 Å². The van der Waals surface area contributed by atoms with E-state index in [0.29, 0.717) is 12.5 Å². The minimum atomic E-state index is -0.0703. The Labute approximate surface area is 81.1 Å². The van der Waals surface area contributed by atoms with Gasteiger partial charge in [0.15, 0.2) is 0 Å². The van der Waals surface area contributed by atoms with Gasteiger partial charge in [0.1, 0.15) is 0 Å². The molecule has 0 spiro atoms. The fourth-order valence-electron chi connectivity index (χ4n) is 0.896. The molecule has 0 aliphatic rings. The fourth-order valence-corrected chi connectivity index (χ4v) is 0.896. The van der Waals surface area contributed by atoms with Crippen LogP contribution in [0.4, 0.5) is 0 Å². The van der Waals surface area contributed by atoms with Gasteiger partial charge in [-0.2, -0.15) is 5.26 Å². The standard InChI is InChI=1S/C10H20N2O/c1-9(2)4-6-13-7-5-10(8-11)12-3/h9-10,12H,4-7H2,1-3H3. The van der Waals surface area contributed by atoms with Crippen LogP contribution in [0, 0.1) is 17.2 Å². The smallest absolute Gasteiger partial charge is 0.0972 e. The highest BCUT2D eigenvalue weighted by atomic mass is 16.5. The summed E-state index contributed by atoms with van der Waals surface area (Å²) in [5.41, 5.74) is 0. The average Bonchev–Trinajstić information content (AvgIpc) is 2.11. The molecule has 0 aromatic rings. The van der Waals surface area contributed by atoms with Gasteiger partial charge in [-0.3, -0.25) is 0 Å². The zero-order valence-electron chi connectivity index (χ0n) is 8.84. The highest BCUT2D eigenvalue weighted by Gasteiger charge is 2.02. The molecule has 0 radical (unpaired) electrons. The number of nitriles is 1. The van der Waals surface area contributed by atoms with Crippen LogP contribution in [0.3, 0.4) is 0 Å². The Hall–Kier alpha value is -0.590. The Morgan fingerprint density at radius 1 is 1.31 bits per heavy atom. The predicted octanol–water partition coefficient (Wildman–Crippen LogP) is 1.55. The van der Waals surface area contributed by atoms with Gasteiger partial charge in [0.2, 0.25) is 0 Å². The van der Waals surface area contributed by atoms with E-state index >= 15 is 0 Å². The summed E-state index contributed by atoms with van der Waals surface area (Å²) < 4.78 is 5.39. The van der Waals surface area contributed by atoms with Crippen molar-refractivity contribution in [3.63, 3.8) is 0 Å². The molecule has 0 aromatic heterocycles. The SMILES string of the molecule is CNC(C#N)CCOCCC(C)C. The highest BCUT2D eigenvalue weighted by Crippen LogP contribution is 1.99. The summed E-state index contributed by atoms with van der Waals surface area (Å²) in [7, 11) is 1.79. The molecule has 0 saturated carbocycles. The first-order valence-electron chi connectivity index (χ1n) is 4.85. The second-order valence-corrected chi connectivity index (χ2v) is 3.55. The van der Waals surface area contributed by atoms with Crippen molar-refractivity contribution in [1.82, 2.24) is 5.32 Å². The lowest BCUT2D eigenvalue weighted by atomic mass is 10.1. The van der Waals surface area contributed by atoms with E-state index in [9.17, 15) is 0 Å². The lowest BCUT2D eigenvalue weighted by molar-refractivity contribution is 0.118. The van der Waals surface area contributed by atoms with Crippen LogP contribution >= 0.6 is 0 Å². The number of nitrogens with one attached hydrogen (secondary N) is 1. The third-order valence-electron chi connectivity index (χ3n) is 1.89. The lowest BCUT2D eigenvalue weighted by Crippen LogP contribution is -2.24. The van der Waals surface area contributed by atoms with Crippen LogP contribution in [0.2, 0.25) is 0 Å². The van der Waals surface area contributed by atoms with Crippen molar-refractivity contribution in [2.75, 3.05) is 20.3 Å². The van der Waals surface area contributed by atoms with Crippen LogP contribution < -0.4 is 5.32 Å². The van der Waals surface area contributed by atoms with E-state index in [1.807, 2.05) is 0 Å². The van der Waals surface area contributed by atoms with Gasteiger partial charge in [-0.15, -0.1) is 0 Å². The molecule has 0 aliphatic carbocycles. The van der Waals surface area contributed by atoms with E-state index in [-0.39, 0.29) is 6.04 Å². The number of hydrogen-bond acceptors (Lipinski definition) is 3. The van der Waals surface area contributed by atoms with Crippen molar-refractivity contribution >= 4 is 0 Å². The van der Waals surface area contributed by atoms with Gasteiger partial charge in [-0.1, -0.05) is 13.8 Å². The molecule has 1 unspecified atom stereocenters. The fraction of sp³-hybridized carbons (Fsp3) is 0.900. The average molecular weight is 184 g/mol. The second kappa shape index (κ2) is 8.03.